The van der Waals surface area contributed by atoms with Crippen LogP contribution in [0.25, 0.3) is 0 Å². The van der Waals surface area contributed by atoms with Gasteiger partial charge in [0.25, 0.3) is 0 Å². The normalized spacial score (nSPS) is 17.6. The van der Waals surface area contributed by atoms with Crippen LogP contribution in [0, 0.1) is 0 Å². The van der Waals surface area contributed by atoms with E-state index in [2.05, 4.69) is 51.6 Å². The Hall–Kier alpha value is -1.79. The number of ether oxygens (including phenoxy) is 1. The van der Waals surface area contributed by atoms with Crippen molar-refractivity contribution in [1.82, 2.24) is 15.5 Å². The number of morpholine rings is 1. The average molecular weight is 348 g/mol. The van der Waals surface area contributed by atoms with Crippen molar-refractivity contribution in [2.24, 2.45) is 0 Å². The zero-order valence-electron chi connectivity index (χ0n) is 15.9. The van der Waals surface area contributed by atoms with E-state index in [0.717, 1.165) is 32.7 Å². The maximum absolute atomic E-state index is 12.1. The van der Waals surface area contributed by atoms with Crippen molar-refractivity contribution < 1.29 is 9.53 Å². The van der Waals surface area contributed by atoms with Gasteiger partial charge in [-0.2, -0.15) is 0 Å². The van der Waals surface area contributed by atoms with Crippen LogP contribution in [-0.4, -0.2) is 63.9 Å². The molecule has 2 rings (SSSR count). The Morgan fingerprint density at radius 2 is 1.88 bits per heavy atom. The summed E-state index contributed by atoms with van der Waals surface area (Å²) in [6.07, 6.45) is 0.923. The zero-order valence-corrected chi connectivity index (χ0v) is 15.9. The molecule has 0 radical (unpaired) electrons. The van der Waals surface area contributed by atoms with Crippen LogP contribution in [0.3, 0.4) is 0 Å². The van der Waals surface area contributed by atoms with Gasteiger partial charge in [0, 0.05) is 45.5 Å². The molecule has 0 saturated carbocycles. The Labute approximate surface area is 151 Å². The molecule has 1 aromatic carbocycles. The summed E-state index contributed by atoms with van der Waals surface area (Å²) in [5.41, 5.74) is 2.39. The lowest BCUT2D eigenvalue weighted by molar-refractivity contribution is 0.0167. The predicted molar refractivity (Wildman–Crippen MR) is 102 cm³/mol. The van der Waals surface area contributed by atoms with E-state index < -0.39 is 0 Å². The Kier molecular flexibility index (Phi) is 7.52. The number of rotatable bonds is 7. The first-order valence-electron chi connectivity index (χ1n) is 9.14. The van der Waals surface area contributed by atoms with Gasteiger partial charge >= 0.3 is 6.03 Å². The highest BCUT2D eigenvalue weighted by atomic mass is 16.5. The number of carbonyl (C=O) groups is 1. The quantitative estimate of drug-likeness (QED) is 0.793. The lowest BCUT2D eigenvalue weighted by Crippen LogP contribution is -2.47. The molecule has 25 heavy (non-hydrogen) atoms. The predicted octanol–water partition coefficient (Wildman–Crippen LogP) is 2.22. The van der Waals surface area contributed by atoms with Gasteiger partial charge in [0.1, 0.15) is 0 Å². The summed E-state index contributed by atoms with van der Waals surface area (Å²) >= 11 is 0. The minimum atomic E-state index is -0.0995. The number of anilines is 1. The van der Waals surface area contributed by atoms with Crippen molar-refractivity contribution in [1.29, 1.82) is 0 Å². The molecule has 1 aliphatic heterocycles. The minimum Gasteiger partial charge on any atom is -0.379 e. The molecule has 1 heterocycles. The van der Waals surface area contributed by atoms with E-state index >= 15 is 0 Å². The number of hydrogen-bond acceptors (Lipinski definition) is 4. The second-order valence-electron chi connectivity index (χ2n) is 6.81. The monoisotopic (exact) mass is 348 g/mol. The van der Waals surface area contributed by atoms with E-state index in [4.69, 9.17) is 4.74 Å². The van der Waals surface area contributed by atoms with Crippen molar-refractivity contribution in [3.63, 3.8) is 0 Å². The summed E-state index contributed by atoms with van der Waals surface area (Å²) in [7, 11) is 4.07. The van der Waals surface area contributed by atoms with Gasteiger partial charge < -0.3 is 20.3 Å². The van der Waals surface area contributed by atoms with E-state index in [0.29, 0.717) is 6.54 Å². The molecule has 2 amide bonds. The summed E-state index contributed by atoms with van der Waals surface area (Å²) in [5.74, 6) is 0. The first-order valence-corrected chi connectivity index (χ1v) is 9.14. The van der Waals surface area contributed by atoms with Gasteiger partial charge in [-0.15, -0.1) is 0 Å². The molecular weight excluding hydrogens is 316 g/mol. The van der Waals surface area contributed by atoms with Gasteiger partial charge in [-0.3, -0.25) is 4.90 Å². The van der Waals surface area contributed by atoms with E-state index in [-0.39, 0.29) is 18.1 Å². The van der Waals surface area contributed by atoms with Gasteiger partial charge in [-0.25, -0.2) is 4.79 Å². The van der Waals surface area contributed by atoms with Crippen LogP contribution in [0.15, 0.2) is 24.3 Å². The highest BCUT2D eigenvalue weighted by Gasteiger charge is 2.23. The maximum atomic E-state index is 12.1. The zero-order chi connectivity index (χ0) is 18.2. The molecule has 1 aliphatic rings. The Morgan fingerprint density at radius 3 is 2.44 bits per heavy atom. The third kappa shape index (κ3) is 5.90. The second-order valence-corrected chi connectivity index (χ2v) is 6.81. The Morgan fingerprint density at radius 1 is 1.24 bits per heavy atom. The third-order valence-corrected chi connectivity index (χ3v) is 4.73. The third-order valence-electron chi connectivity index (χ3n) is 4.73. The number of benzene rings is 1. The van der Waals surface area contributed by atoms with Gasteiger partial charge in [-0.1, -0.05) is 19.1 Å². The number of nitrogens with one attached hydrogen (secondary N) is 2. The molecule has 140 valence electrons. The lowest BCUT2D eigenvalue weighted by Gasteiger charge is -2.35. The smallest absolute Gasteiger partial charge is 0.315 e. The molecule has 6 nitrogen and oxygen atoms in total. The molecule has 0 aliphatic carbocycles. The largest absolute Gasteiger partial charge is 0.379 e. The second kappa shape index (κ2) is 9.63. The first kappa shape index (κ1) is 19.5. The van der Waals surface area contributed by atoms with Crippen molar-refractivity contribution in [2.45, 2.75) is 32.4 Å². The van der Waals surface area contributed by atoms with Crippen LogP contribution < -0.4 is 15.5 Å². The average Bonchev–Trinajstić information content (AvgIpc) is 2.63. The lowest BCUT2D eigenvalue weighted by atomic mass is 10.0. The van der Waals surface area contributed by atoms with Crippen molar-refractivity contribution in [3.05, 3.63) is 29.8 Å². The Bertz CT molecular complexity index is 527. The molecule has 0 aromatic heterocycles. The molecule has 1 saturated heterocycles. The highest BCUT2D eigenvalue weighted by molar-refractivity contribution is 5.74. The molecular formula is C19H32N4O2. The molecule has 1 aromatic rings. The number of nitrogens with zero attached hydrogens (tertiary/aromatic N) is 2. The number of amides is 2. The molecule has 0 spiro atoms. The fourth-order valence-electron chi connectivity index (χ4n) is 2.91. The minimum absolute atomic E-state index is 0.0995. The van der Waals surface area contributed by atoms with Gasteiger partial charge in [0.15, 0.2) is 0 Å². The number of carbonyl (C=O) groups excluding carboxylic acids is 1. The fourth-order valence-corrected chi connectivity index (χ4v) is 2.91. The molecule has 0 bridgehead atoms. The molecule has 2 unspecified atom stereocenters. The van der Waals surface area contributed by atoms with Crippen LogP contribution >= 0.6 is 0 Å². The van der Waals surface area contributed by atoms with Gasteiger partial charge in [0.2, 0.25) is 0 Å². The van der Waals surface area contributed by atoms with Gasteiger partial charge in [-0.05, 0) is 31.0 Å². The summed E-state index contributed by atoms with van der Waals surface area (Å²) in [5, 5.41) is 6.00. The molecule has 1 fully saturated rings. The van der Waals surface area contributed by atoms with Crippen molar-refractivity contribution in [2.75, 3.05) is 51.8 Å². The summed E-state index contributed by atoms with van der Waals surface area (Å²) < 4.78 is 5.48. The van der Waals surface area contributed by atoms with Crippen LogP contribution in [0.4, 0.5) is 10.5 Å². The van der Waals surface area contributed by atoms with Crippen LogP contribution in [0.5, 0.6) is 0 Å². The highest BCUT2D eigenvalue weighted by Crippen LogP contribution is 2.23. The number of hydrogen-bond donors (Lipinski definition) is 2. The maximum Gasteiger partial charge on any atom is 0.315 e. The number of urea groups is 1. The summed E-state index contributed by atoms with van der Waals surface area (Å²) in [4.78, 5) is 16.6. The van der Waals surface area contributed by atoms with E-state index in [9.17, 15) is 4.79 Å². The topological polar surface area (TPSA) is 56.8 Å². The van der Waals surface area contributed by atoms with Gasteiger partial charge in [0.05, 0.1) is 19.3 Å². The van der Waals surface area contributed by atoms with E-state index in [1.807, 2.05) is 21.0 Å². The SMILES string of the molecule is CCC(C)NC(=O)NCC(c1ccc(N(C)C)cc1)N1CCOCC1. The molecule has 6 heteroatoms. The van der Waals surface area contributed by atoms with Crippen LogP contribution in [0.1, 0.15) is 31.9 Å². The van der Waals surface area contributed by atoms with E-state index in [1.54, 1.807) is 0 Å². The van der Waals surface area contributed by atoms with Crippen LogP contribution in [-0.2, 0) is 4.74 Å². The Balaban J connectivity index is 2.06. The van der Waals surface area contributed by atoms with Crippen LogP contribution in [0.2, 0.25) is 0 Å². The van der Waals surface area contributed by atoms with Crippen molar-refractivity contribution in [3.8, 4) is 0 Å². The molecule has 2 N–H and O–H groups in total. The summed E-state index contributed by atoms with van der Waals surface area (Å²) in [6.45, 7) is 7.91. The fraction of sp³-hybridized carbons (Fsp3) is 0.632. The molecule has 2 atom stereocenters. The van der Waals surface area contributed by atoms with Crippen molar-refractivity contribution >= 4 is 11.7 Å². The summed E-state index contributed by atoms with van der Waals surface area (Å²) in [6, 6.07) is 8.80. The first-order chi connectivity index (χ1) is 12.0. The standard InChI is InChI=1S/C19H32N4O2/c1-5-15(2)21-19(24)20-14-18(23-10-12-25-13-11-23)16-6-8-17(9-7-16)22(3)4/h6-9,15,18H,5,10-14H2,1-4H3,(H2,20,21,24). The van der Waals surface area contributed by atoms with E-state index in [1.165, 1.54) is 11.3 Å².